The average molecular weight is 497 g/mol. The molecule has 1 aromatic heterocycles. The Hall–Kier alpha value is -1.75. The zero-order valence-corrected chi connectivity index (χ0v) is 17.2. The molecule has 27 heavy (non-hydrogen) atoms. The molecule has 0 saturated heterocycles. The molecule has 2 aromatic rings. The highest BCUT2D eigenvalue weighted by molar-refractivity contribution is 14.0. The normalized spacial score (nSPS) is 11.8. The first kappa shape index (κ1) is 23.3. The molecule has 0 saturated carbocycles. The molecule has 0 aliphatic heterocycles. The molecule has 150 valence electrons. The third-order valence-corrected chi connectivity index (χ3v) is 3.33. The van der Waals surface area contributed by atoms with Gasteiger partial charge in [-0.2, -0.15) is 13.2 Å². The molecule has 0 radical (unpaired) electrons. The summed E-state index contributed by atoms with van der Waals surface area (Å²) in [4.78, 5) is 4.48. The number of guanidine groups is 1. The van der Waals surface area contributed by atoms with Gasteiger partial charge in [-0.3, -0.25) is 0 Å². The zero-order chi connectivity index (χ0) is 18.8. The summed E-state index contributed by atoms with van der Waals surface area (Å²) in [6, 6.07) is 10.8. The van der Waals surface area contributed by atoms with Crippen molar-refractivity contribution in [1.82, 2.24) is 10.6 Å². The van der Waals surface area contributed by atoms with Gasteiger partial charge in [-0.15, -0.1) is 24.0 Å². The molecule has 0 amide bonds. The molecule has 0 atom stereocenters. The average Bonchev–Trinajstić information content (AvgIpc) is 3.11. The highest BCUT2D eigenvalue weighted by Crippen LogP contribution is 2.16. The van der Waals surface area contributed by atoms with E-state index in [0.29, 0.717) is 24.6 Å². The lowest BCUT2D eigenvalue weighted by Gasteiger charge is -2.10. The second-order valence-electron chi connectivity index (χ2n) is 5.55. The monoisotopic (exact) mass is 497 g/mol. The van der Waals surface area contributed by atoms with Gasteiger partial charge in [-0.1, -0.05) is 24.3 Å². The van der Waals surface area contributed by atoms with E-state index < -0.39 is 12.8 Å². The lowest BCUT2D eigenvalue weighted by molar-refractivity contribution is -0.176. The van der Waals surface area contributed by atoms with Crippen LogP contribution in [0.5, 0.6) is 0 Å². The van der Waals surface area contributed by atoms with E-state index in [-0.39, 0.29) is 30.6 Å². The lowest BCUT2D eigenvalue weighted by atomic mass is 10.1. The number of nitrogens with zero attached hydrogens (tertiary/aromatic N) is 1. The summed E-state index contributed by atoms with van der Waals surface area (Å²) >= 11 is 0. The van der Waals surface area contributed by atoms with Crippen LogP contribution in [0.4, 0.5) is 13.2 Å². The lowest BCUT2D eigenvalue weighted by Crippen LogP contribution is -2.36. The van der Waals surface area contributed by atoms with Gasteiger partial charge in [0.05, 0.1) is 26.0 Å². The molecule has 2 rings (SSSR count). The quantitative estimate of drug-likeness (QED) is 0.326. The molecular weight excluding hydrogens is 474 g/mol. The van der Waals surface area contributed by atoms with Crippen LogP contribution < -0.4 is 10.6 Å². The van der Waals surface area contributed by atoms with Crippen molar-refractivity contribution in [3.63, 3.8) is 0 Å². The van der Waals surface area contributed by atoms with E-state index in [4.69, 9.17) is 4.42 Å². The minimum atomic E-state index is -4.31. The third-order valence-electron chi connectivity index (χ3n) is 3.33. The Morgan fingerprint density at radius 1 is 1.11 bits per heavy atom. The van der Waals surface area contributed by atoms with E-state index >= 15 is 0 Å². The number of benzene rings is 1. The van der Waals surface area contributed by atoms with E-state index in [2.05, 4.69) is 20.4 Å². The molecule has 0 bridgehead atoms. The number of ether oxygens (including phenoxy) is 1. The van der Waals surface area contributed by atoms with Gasteiger partial charge in [0.1, 0.15) is 12.4 Å². The van der Waals surface area contributed by atoms with Crippen LogP contribution in [-0.4, -0.2) is 25.3 Å². The summed E-state index contributed by atoms with van der Waals surface area (Å²) in [6.45, 7) is 2.34. The van der Waals surface area contributed by atoms with Crippen LogP contribution in [-0.2, 0) is 24.4 Å². The number of halogens is 4. The van der Waals surface area contributed by atoms with Crippen LogP contribution in [0.25, 0.3) is 0 Å². The number of aliphatic imine (C=N–C) groups is 1. The molecule has 9 heteroatoms. The standard InChI is InChI=1S/C18H22F3N3O2.HI/c1-2-22-17(24-11-16-4-3-9-26-16)23-10-14-5-7-15(8-6-14)12-25-13-18(19,20)21;/h3-9H,2,10-13H2,1H3,(H2,22,23,24);1H. The fourth-order valence-electron chi connectivity index (χ4n) is 2.12. The van der Waals surface area contributed by atoms with E-state index in [0.717, 1.165) is 17.9 Å². The first-order valence-electron chi connectivity index (χ1n) is 8.23. The summed E-state index contributed by atoms with van der Waals surface area (Å²) in [5, 5.41) is 6.30. The van der Waals surface area contributed by atoms with Crippen LogP contribution in [0, 0.1) is 0 Å². The summed E-state index contributed by atoms with van der Waals surface area (Å²) in [5.41, 5.74) is 1.63. The number of rotatable bonds is 8. The van der Waals surface area contributed by atoms with Crippen LogP contribution >= 0.6 is 24.0 Å². The number of alkyl halides is 3. The van der Waals surface area contributed by atoms with Crippen molar-refractivity contribution in [3.8, 4) is 0 Å². The van der Waals surface area contributed by atoms with Gasteiger partial charge in [-0.05, 0) is 30.2 Å². The summed E-state index contributed by atoms with van der Waals surface area (Å²) in [6.07, 6.45) is -2.69. The van der Waals surface area contributed by atoms with Gasteiger partial charge in [-0.25, -0.2) is 4.99 Å². The molecule has 0 aliphatic rings. The van der Waals surface area contributed by atoms with E-state index in [9.17, 15) is 13.2 Å². The molecule has 0 aliphatic carbocycles. The predicted octanol–water partition coefficient (Wildman–Crippen LogP) is 4.23. The first-order chi connectivity index (χ1) is 12.5. The highest BCUT2D eigenvalue weighted by Gasteiger charge is 2.27. The second-order valence-corrected chi connectivity index (χ2v) is 5.55. The molecule has 0 spiro atoms. The number of nitrogens with one attached hydrogen (secondary N) is 2. The van der Waals surface area contributed by atoms with E-state index in [1.165, 1.54) is 0 Å². The van der Waals surface area contributed by atoms with Gasteiger partial charge in [0.2, 0.25) is 0 Å². The smallest absolute Gasteiger partial charge is 0.411 e. The van der Waals surface area contributed by atoms with Crippen molar-refractivity contribution in [1.29, 1.82) is 0 Å². The molecule has 1 aromatic carbocycles. The number of hydrogen-bond donors (Lipinski definition) is 2. The SMILES string of the molecule is CCNC(=NCc1ccc(COCC(F)(F)F)cc1)NCc1ccco1.I. The maximum atomic E-state index is 12.1. The van der Waals surface area contributed by atoms with Crippen LogP contribution in [0.1, 0.15) is 23.8 Å². The fraction of sp³-hybridized carbons (Fsp3) is 0.389. The van der Waals surface area contributed by atoms with Gasteiger partial charge >= 0.3 is 6.18 Å². The van der Waals surface area contributed by atoms with E-state index in [1.54, 1.807) is 18.4 Å². The second kappa shape index (κ2) is 11.9. The summed E-state index contributed by atoms with van der Waals surface area (Å²) < 4.78 is 46.1. The van der Waals surface area contributed by atoms with Crippen molar-refractivity contribution < 1.29 is 22.3 Å². The van der Waals surface area contributed by atoms with Gasteiger partial charge < -0.3 is 19.8 Å². The molecule has 5 nitrogen and oxygen atoms in total. The molecule has 0 unspecified atom stereocenters. The minimum absolute atomic E-state index is 0. The topological polar surface area (TPSA) is 58.8 Å². The largest absolute Gasteiger partial charge is 0.467 e. The van der Waals surface area contributed by atoms with Crippen molar-refractivity contribution in [2.75, 3.05) is 13.2 Å². The van der Waals surface area contributed by atoms with Crippen molar-refractivity contribution in [3.05, 3.63) is 59.5 Å². The highest BCUT2D eigenvalue weighted by atomic mass is 127. The van der Waals surface area contributed by atoms with E-state index in [1.807, 2.05) is 31.2 Å². The number of hydrogen-bond acceptors (Lipinski definition) is 3. The maximum absolute atomic E-state index is 12.1. The van der Waals surface area contributed by atoms with Gasteiger partial charge in [0.15, 0.2) is 5.96 Å². The minimum Gasteiger partial charge on any atom is -0.467 e. The van der Waals surface area contributed by atoms with Crippen LogP contribution in [0.2, 0.25) is 0 Å². The molecule has 2 N–H and O–H groups in total. The molecular formula is C18H23F3IN3O2. The Morgan fingerprint density at radius 2 is 1.81 bits per heavy atom. The first-order valence-corrected chi connectivity index (χ1v) is 8.23. The van der Waals surface area contributed by atoms with Gasteiger partial charge in [0.25, 0.3) is 0 Å². The third kappa shape index (κ3) is 9.66. The Bertz CT molecular complexity index is 674. The van der Waals surface area contributed by atoms with Gasteiger partial charge in [0, 0.05) is 6.54 Å². The summed E-state index contributed by atoms with van der Waals surface area (Å²) in [5.74, 6) is 1.46. The summed E-state index contributed by atoms with van der Waals surface area (Å²) in [7, 11) is 0. The zero-order valence-electron chi connectivity index (χ0n) is 14.9. The molecule has 0 fully saturated rings. The fourth-order valence-corrected chi connectivity index (χ4v) is 2.12. The van der Waals surface area contributed by atoms with Crippen molar-refractivity contribution in [2.45, 2.75) is 32.8 Å². The molecule has 1 heterocycles. The Morgan fingerprint density at radius 3 is 2.41 bits per heavy atom. The Kier molecular flexibility index (Phi) is 10.2. The van der Waals surface area contributed by atoms with Crippen molar-refractivity contribution >= 4 is 29.9 Å². The Labute approximate surface area is 173 Å². The van der Waals surface area contributed by atoms with Crippen LogP contribution in [0.15, 0.2) is 52.1 Å². The predicted molar refractivity (Wildman–Crippen MR) is 108 cm³/mol. The van der Waals surface area contributed by atoms with Crippen molar-refractivity contribution in [2.24, 2.45) is 4.99 Å². The van der Waals surface area contributed by atoms with Crippen LogP contribution in [0.3, 0.4) is 0 Å². The Balaban J connectivity index is 0.00000364. The number of furan rings is 1. The maximum Gasteiger partial charge on any atom is 0.411 e.